The van der Waals surface area contributed by atoms with E-state index in [1.165, 1.54) is 6.33 Å². The number of amides is 1. The first-order chi connectivity index (χ1) is 13.3. The van der Waals surface area contributed by atoms with Crippen LogP contribution in [0.15, 0.2) is 60.9 Å². The lowest BCUT2D eigenvalue weighted by Gasteiger charge is -2.29. The zero-order valence-electron chi connectivity index (χ0n) is 14.8. The van der Waals surface area contributed by atoms with Crippen molar-refractivity contribution in [1.82, 2.24) is 9.97 Å². The molecule has 1 aliphatic heterocycles. The van der Waals surface area contributed by atoms with Crippen LogP contribution in [-0.4, -0.2) is 15.9 Å². The van der Waals surface area contributed by atoms with Crippen molar-refractivity contribution in [1.29, 1.82) is 0 Å². The smallest absolute Gasteiger partial charge is 0.233 e. The van der Waals surface area contributed by atoms with E-state index in [2.05, 4.69) is 9.97 Å². The molecule has 0 atom stereocenters. The molecule has 0 unspecified atom stereocenters. The Morgan fingerprint density at radius 1 is 1.04 bits per heavy atom. The number of nitrogens with zero attached hydrogens (tertiary/aromatic N) is 3. The summed E-state index contributed by atoms with van der Waals surface area (Å²) in [6, 6.07) is 17.5. The molecule has 0 radical (unpaired) electrons. The van der Waals surface area contributed by atoms with Crippen LogP contribution in [0.1, 0.15) is 23.2 Å². The highest BCUT2D eigenvalue weighted by Crippen LogP contribution is 2.38. The van der Waals surface area contributed by atoms with E-state index in [0.717, 1.165) is 22.6 Å². The van der Waals surface area contributed by atoms with E-state index in [4.69, 9.17) is 10.5 Å². The minimum absolute atomic E-state index is 0.00406. The largest absolute Gasteiger partial charge is 0.489 e. The van der Waals surface area contributed by atoms with Crippen LogP contribution in [0, 0.1) is 0 Å². The van der Waals surface area contributed by atoms with E-state index in [-0.39, 0.29) is 5.91 Å². The first-order valence-electron chi connectivity index (χ1n) is 8.89. The molecule has 1 aliphatic rings. The summed E-state index contributed by atoms with van der Waals surface area (Å²) in [4.78, 5) is 22.7. The van der Waals surface area contributed by atoms with Gasteiger partial charge >= 0.3 is 0 Å². The summed E-state index contributed by atoms with van der Waals surface area (Å²) in [6.45, 7) is 0.778. The highest BCUT2D eigenvalue weighted by molar-refractivity contribution is 6.02. The van der Waals surface area contributed by atoms with Gasteiger partial charge in [-0.1, -0.05) is 36.4 Å². The van der Waals surface area contributed by atoms with Gasteiger partial charge in [0.15, 0.2) is 0 Å². The van der Waals surface area contributed by atoms with Crippen molar-refractivity contribution in [2.75, 3.05) is 4.90 Å². The quantitative estimate of drug-likeness (QED) is 0.756. The lowest BCUT2D eigenvalue weighted by atomic mass is 10.00. The van der Waals surface area contributed by atoms with E-state index in [1.54, 1.807) is 11.0 Å². The second-order valence-electron chi connectivity index (χ2n) is 6.33. The number of ether oxygens (including phenoxy) is 1. The molecule has 27 heavy (non-hydrogen) atoms. The molecule has 0 saturated heterocycles. The summed E-state index contributed by atoms with van der Waals surface area (Å²) in [6.07, 6.45) is 2.49. The van der Waals surface area contributed by atoms with Crippen LogP contribution < -0.4 is 15.4 Å². The Morgan fingerprint density at radius 3 is 2.70 bits per heavy atom. The first kappa shape index (κ1) is 17.2. The fourth-order valence-corrected chi connectivity index (χ4v) is 3.23. The van der Waals surface area contributed by atoms with Crippen LogP contribution in [0.3, 0.4) is 0 Å². The Labute approximate surface area is 157 Å². The number of anilines is 2. The molecule has 0 spiro atoms. The molecular weight excluding hydrogens is 340 g/mol. The standard InChI is InChI=1S/C21H20N4O2/c22-12-16-11-20(24-14-23-16)25-18-7-4-8-19(17(18)9-10-21(25)26)27-13-15-5-2-1-3-6-15/h1-8,11,14H,9-10,12-13,22H2. The molecule has 0 saturated carbocycles. The Bertz CT molecular complexity index is 959. The van der Waals surface area contributed by atoms with E-state index in [1.807, 2.05) is 48.5 Å². The number of hydrogen-bond donors (Lipinski definition) is 1. The third-order valence-corrected chi connectivity index (χ3v) is 4.57. The van der Waals surface area contributed by atoms with Crippen molar-refractivity contribution in [2.45, 2.75) is 26.0 Å². The third-order valence-electron chi connectivity index (χ3n) is 4.57. The zero-order valence-corrected chi connectivity index (χ0v) is 14.8. The minimum Gasteiger partial charge on any atom is -0.489 e. The normalized spacial score (nSPS) is 13.4. The number of nitrogens with two attached hydrogens (primary N) is 1. The number of fused-ring (bicyclic) bond motifs is 1. The van der Waals surface area contributed by atoms with Crippen LogP contribution in [-0.2, 0) is 24.4 Å². The number of rotatable bonds is 5. The predicted molar refractivity (Wildman–Crippen MR) is 103 cm³/mol. The van der Waals surface area contributed by atoms with Gasteiger partial charge in [0.2, 0.25) is 5.91 Å². The van der Waals surface area contributed by atoms with Gasteiger partial charge in [0, 0.05) is 24.6 Å². The van der Waals surface area contributed by atoms with Gasteiger partial charge in [-0.3, -0.25) is 9.69 Å². The Hall–Kier alpha value is -3.25. The van der Waals surface area contributed by atoms with Crippen molar-refractivity contribution >= 4 is 17.4 Å². The van der Waals surface area contributed by atoms with Gasteiger partial charge in [0.25, 0.3) is 0 Å². The van der Waals surface area contributed by atoms with Crippen molar-refractivity contribution in [3.05, 3.63) is 77.7 Å². The molecule has 6 nitrogen and oxygen atoms in total. The molecule has 0 bridgehead atoms. The van der Waals surface area contributed by atoms with Crippen LogP contribution >= 0.6 is 0 Å². The summed E-state index contributed by atoms with van der Waals surface area (Å²) < 4.78 is 6.06. The molecule has 6 heteroatoms. The molecule has 2 N–H and O–H groups in total. The fraction of sp³-hybridized carbons (Fsp3) is 0.190. The highest BCUT2D eigenvalue weighted by Gasteiger charge is 2.28. The lowest BCUT2D eigenvalue weighted by molar-refractivity contribution is -0.118. The van der Waals surface area contributed by atoms with Gasteiger partial charge in [0.05, 0.1) is 11.4 Å². The van der Waals surface area contributed by atoms with Crippen molar-refractivity contribution < 1.29 is 9.53 Å². The van der Waals surface area contributed by atoms with Crippen LogP contribution in [0.25, 0.3) is 0 Å². The van der Waals surface area contributed by atoms with Gasteiger partial charge in [-0.15, -0.1) is 0 Å². The van der Waals surface area contributed by atoms with E-state index in [9.17, 15) is 4.79 Å². The summed E-state index contributed by atoms with van der Waals surface area (Å²) in [5, 5.41) is 0. The number of benzene rings is 2. The van der Waals surface area contributed by atoms with E-state index >= 15 is 0 Å². The Kier molecular flexibility index (Phi) is 4.80. The van der Waals surface area contributed by atoms with Gasteiger partial charge in [-0.2, -0.15) is 0 Å². The molecule has 0 fully saturated rings. The first-order valence-corrected chi connectivity index (χ1v) is 8.89. The molecular formula is C21H20N4O2. The van der Waals surface area contributed by atoms with E-state index < -0.39 is 0 Å². The Morgan fingerprint density at radius 2 is 1.89 bits per heavy atom. The highest BCUT2D eigenvalue weighted by atomic mass is 16.5. The molecule has 3 aromatic rings. The summed E-state index contributed by atoms with van der Waals surface area (Å²) in [5.74, 6) is 1.34. The zero-order chi connectivity index (χ0) is 18.6. The van der Waals surface area contributed by atoms with Gasteiger partial charge < -0.3 is 10.5 Å². The van der Waals surface area contributed by atoms with Crippen molar-refractivity contribution in [2.24, 2.45) is 5.73 Å². The minimum atomic E-state index is 0.00406. The number of carbonyl (C=O) groups excluding carboxylic acids is 1. The predicted octanol–water partition coefficient (Wildman–Crippen LogP) is 3.13. The molecule has 136 valence electrons. The molecule has 1 amide bonds. The molecule has 1 aromatic heterocycles. The maximum Gasteiger partial charge on any atom is 0.233 e. The van der Waals surface area contributed by atoms with Gasteiger partial charge in [0.1, 0.15) is 24.5 Å². The average molecular weight is 360 g/mol. The van der Waals surface area contributed by atoms with Crippen molar-refractivity contribution in [3.63, 3.8) is 0 Å². The summed E-state index contributed by atoms with van der Waals surface area (Å²) in [7, 11) is 0. The van der Waals surface area contributed by atoms with Crippen molar-refractivity contribution in [3.8, 4) is 5.75 Å². The number of aromatic nitrogens is 2. The Balaban J connectivity index is 1.67. The summed E-state index contributed by atoms with van der Waals surface area (Å²) >= 11 is 0. The average Bonchev–Trinajstić information content (AvgIpc) is 2.72. The van der Waals surface area contributed by atoms with Crippen LogP contribution in [0.5, 0.6) is 5.75 Å². The van der Waals surface area contributed by atoms with E-state index in [0.29, 0.717) is 37.5 Å². The molecule has 0 aliphatic carbocycles. The third kappa shape index (κ3) is 3.52. The van der Waals surface area contributed by atoms with Crippen LogP contribution in [0.2, 0.25) is 0 Å². The SMILES string of the molecule is NCc1cc(N2C(=O)CCc3c(OCc4ccccc4)cccc32)ncn1. The monoisotopic (exact) mass is 360 g/mol. The second-order valence-corrected chi connectivity index (χ2v) is 6.33. The number of hydrogen-bond acceptors (Lipinski definition) is 5. The lowest BCUT2D eigenvalue weighted by Crippen LogP contribution is -2.32. The maximum atomic E-state index is 12.6. The topological polar surface area (TPSA) is 81.3 Å². The van der Waals surface area contributed by atoms with Gasteiger partial charge in [-0.25, -0.2) is 9.97 Å². The summed E-state index contributed by atoms with van der Waals surface area (Å²) in [5.41, 5.74) is 9.29. The fourth-order valence-electron chi connectivity index (χ4n) is 3.23. The number of carbonyl (C=O) groups is 1. The van der Waals surface area contributed by atoms with Gasteiger partial charge in [-0.05, 0) is 24.1 Å². The molecule has 2 aromatic carbocycles. The second kappa shape index (κ2) is 7.55. The molecule has 2 heterocycles. The molecule has 4 rings (SSSR count). The maximum absolute atomic E-state index is 12.6. The van der Waals surface area contributed by atoms with Crippen LogP contribution in [0.4, 0.5) is 11.5 Å².